The minimum absolute atomic E-state index is 0.0580. The summed E-state index contributed by atoms with van der Waals surface area (Å²) in [5.41, 5.74) is 1.25. The van der Waals surface area contributed by atoms with E-state index in [9.17, 15) is 9.59 Å². The average Bonchev–Trinajstić information content (AvgIpc) is 2.91. The van der Waals surface area contributed by atoms with Gasteiger partial charge < -0.3 is 4.42 Å². The summed E-state index contributed by atoms with van der Waals surface area (Å²) in [6.07, 6.45) is 4.14. The summed E-state index contributed by atoms with van der Waals surface area (Å²) < 4.78 is 4.99. The predicted molar refractivity (Wildman–Crippen MR) is 70.5 cm³/mol. The quantitative estimate of drug-likeness (QED) is 0.903. The maximum absolute atomic E-state index is 11.8. The van der Waals surface area contributed by atoms with E-state index in [0.717, 1.165) is 0 Å². The third-order valence-corrected chi connectivity index (χ3v) is 3.21. The van der Waals surface area contributed by atoms with Gasteiger partial charge in [-0.15, -0.1) is 0 Å². The van der Waals surface area contributed by atoms with Crippen molar-refractivity contribution in [1.29, 1.82) is 0 Å². The Morgan fingerprint density at radius 3 is 3.05 bits per heavy atom. The second-order valence-corrected chi connectivity index (χ2v) is 4.92. The number of furan rings is 1. The summed E-state index contributed by atoms with van der Waals surface area (Å²) in [6.45, 7) is 2.00. The molecule has 0 saturated heterocycles. The van der Waals surface area contributed by atoms with Crippen LogP contribution in [-0.4, -0.2) is 21.7 Å². The second kappa shape index (κ2) is 4.88. The molecular formula is C14H13N3O3. The number of nitrogens with zero attached hydrogens (tertiary/aromatic N) is 2. The van der Waals surface area contributed by atoms with Crippen LogP contribution in [0.4, 0.5) is 5.95 Å². The lowest BCUT2D eigenvalue weighted by Gasteiger charge is -2.19. The summed E-state index contributed by atoms with van der Waals surface area (Å²) in [5, 5.41) is 2.56. The zero-order valence-corrected chi connectivity index (χ0v) is 10.9. The molecule has 0 saturated carbocycles. The monoisotopic (exact) mass is 271 g/mol. The molecule has 102 valence electrons. The fourth-order valence-electron chi connectivity index (χ4n) is 2.27. The molecule has 6 nitrogen and oxygen atoms in total. The van der Waals surface area contributed by atoms with E-state index in [4.69, 9.17) is 4.42 Å². The molecule has 0 aliphatic heterocycles. The molecule has 1 amide bonds. The van der Waals surface area contributed by atoms with Gasteiger partial charge in [0, 0.05) is 12.6 Å². The number of Topliss-reactive ketones (excluding diaryl/α,β-unsaturated/α-hetero) is 1. The van der Waals surface area contributed by atoms with Gasteiger partial charge in [-0.25, -0.2) is 9.97 Å². The molecule has 1 atom stereocenters. The van der Waals surface area contributed by atoms with Gasteiger partial charge in [0.25, 0.3) is 5.91 Å². The number of anilines is 1. The van der Waals surface area contributed by atoms with E-state index in [-0.39, 0.29) is 23.4 Å². The van der Waals surface area contributed by atoms with Gasteiger partial charge in [-0.2, -0.15) is 0 Å². The molecule has 6 heteroatoms. The highest BCUT2D eigenvalue weighted by Gasteiger charge is 2.24. The number of rotatable bonds is 2. The van der Waals surface area contributed by atoms with Crippen LogP contribution in [-0.2, 0) is 6.42 Å². The van der Waals surface area contributed by atoms with Crippen LogP contribution in [0.1, 0.15) is 40.0 Å². The Morgan fingerprint density at radius 2 is 2.30 bits per heavy atom. The van der Waals surface area contributed by atoms with Gasteiger partial charge in [0.05, 0.1) is 17.5 Å². The summed E-state index contributed by atoms with van der Waals surface area (Å²) in [4.78, 5) is 31.9. The molecule has 2 heterocycles. The summed E-state index contributed by atoms with van der Waals surface area (Å²) in [6, 6.07) is 3.18. The van der Waals surface area contributed by atoms with Crippen molar-refractivity contribution < 1.29 is 14.0 Å². The van der Waals surface area contributed by atoms with Crippen molar-refractivity contribution in [2.75, 3.05) is 5.32 Å². The third-order valence-electron chi connectivity index (χ3n) is 3.21. The van der Waals surface area contributed by atoms with Crippen molar-refractivity contribution in [3.05, 3.63) is 41.6 Å². The van der Waals surface area contributed by atoms with Gasteiger partial charge in [-0.1, -0.05) is 6.92 Å². The van der Waals surface area contributed by atoms with Gasteiger partial charge in [0.1, 0.15) is 0 Å². The smallest absolute Gasteiger partial charge is 0.293 e. The molecule has 0 radical (unpaired) electrons. The predicted octanol–water partition coefficient (Wildman–Crippen LogP) is 2.09. The molecule has 3 rings (SSSR count). The van der Waals surface area contributed by atoms with Crippen LogP contribution in [0.15, 0.2) is 29.0 Å². The lowest BCUT2D eigenvalue weighted by Crippen LogP contribution is -2.21. The second-order valence-electron chi connectivity index (χ2n) is 4.92. The van der Waals surface area contributed by atoms with Gasteiger partial charge >= 0.3 is 0 Å². The first kappa shape index (κ1) is 12.5. The van der Waals surface area contributed by atoms with Crippen molar-refractivity contribution >= 4 is 17.6 Å². The van der Waals surface area contributed by atoms with Crippen molar-refractivity contribution in [2.24, 2.45) is 5.92 Å². The number of carbonyl (C=O) groups is 2. The lowest BCUT2D eigenvalue weighted by atomic mass is 9.88. The van der Waals surface area contributed by atoms with Crippen LogP contribution < -0.4 is 5.32 Å². The van der Waals surface area contributed by atoms with Gasteiger partial charge in [0.2, 0.25) is 5.95 Å². The molecule has 1 N–H and O–H groups in total. The minimum Gasteiger partial charge on any atom is -0.459 e. The third kappa shape index (κ3) is 2.32. The fourth-order valence-corrected chi connectivity index (χ4v) is 2.27. The Morgan fingerprint density at radius 1 is 1.45 bits per heavy atom. The maximum Gasteiger partial charge on any atom is 0.293 e. The van der Waals surface area contributed by atoms with E-state index in [0.29, 0.717) is 24.1 Å². The van der Waals surface area contributed by atoms with E-state index >= 15 is 0 Å². The Bertz CT molecular complexity index is 664. The number of aromatic nitrogens is 2. The summed E-state index contributed by atoms with van der Waals surface area (Å²) in [5.74, 6) is 0.286. The number of amides is 1. The molecule has 0 bridgehead atoms. The van der Waals surface area contributed by atoms with E-state index in [2.05, 4.69) is 15.3 Å². The van der Waals surface area contributed by atoms with Crippen molar-refractivity contribution in [2.45, 2.75) is 19.8 Å². The van der Waals surface area contributed by atoms with Crippen LogP contribution in [0, 0.1) is 5.92 Å². The van der Waals surface area contributed by atoms with Crippen LogP contribution in [0.5, 0.6) is 0 Å². The number of ketones is 1. The Kier molecular flexibility index (Phi) is 3.06. The average molecular weight is 271 g/mol. The standard InChI is InChI=1S/C14H13N3O3/c1-8-5-10-9(11(18)6-8)7-15-14(16-10)17-13(19)12-3-2-4-20-12/h2-4,7-8H,5-6H2,1H3,(H,15,16,17,19)/t8-/m0/s1. The first-order valence-electron chi connectivity index (χ1n) is 6.37. The van der Waals surface area contributed by atoms with Crippen LogP contribution in [0.2, 0.25) is 0 Å². The van der Waals surface area contributed by atoms with E-state index < -0.39 is 5.91 Å². The number of fused-ring (bicyclic) bond motifs is 1. The first-order valence-corrected chi connectivity index (χ1v) is 6.37. The van der Waals surface area contributed by atoms with Crippen LogP contribution in [0.25, 0.3) is 0 Å². The highest BCUT2D eigenvalue weighted by Crippen LogP contribution is 2.24. The molecule has 1 aliphatic carbocycles. The topological polar surface area (TPSA) is 85.1 Å². The number of hydrogen-bond donors (Lipinski definition) is 1. The number of carbonyl (C=O) groups excluding carboxylic acids is 2. The highest BCUT2D eigenvalue weighted by atomic mass is 16.3. The SMILES string of the molecule is C[C@@H]1CC(=O)c2cnc(NC(=O)c3ccco3)nc2C1. The van der Waals surface area contributed by atoms with Gasteiger partial charge in [0.15, 0.2) is 11.5 Å². The molecule has 0 aromatic carbocycles. The number of hydrogen-bond acceptors (Lipinski definition) is 5. The molecule has 1 aliphatic rings. The zero-order valence-electron chi connectivity index (χ0n) is 10.9. The Balaban J connectivity index is 1.84. The largest absolute Gasteiger partial charge is 0.459 e. The molecular weight excluding hydrogens is 258 g/mol. The fraction of sp³-hybridized carbons (Fsp3) is 0.286. The van der Waals surface area contributed by atoms with E-state index in [1.165, 1.54) is 12.5 Å². The van der Waals surface area contributed by atoms with Crippen molar-refractivity contribution in [1.82, 2.24) is 9.97 Å². The molecule has 2 aromatic heterocycles. The molecule has 0 fully saturated rings. The molecule has 0 unspecified atom stereocenters. The molecule has 20 heavy (non-hydrogen) atoms. The van der Waals surface area contributed by atoms with Gasteiger partial charge in [-0.3, -0.25) is 14.9 Å². The zero-order chi connectivity index (χ0) is 14.1. The Hall–Kier alpha value is -2.50. The summed E-state index contributed by atoms with van der Waals surface area (Å²) >= 11 is 0. The molecule has 2 aromatic rings. The number of nitrogens with one attached hydrogen (secondary N) is 1. The minimum atomic E-state index is -0.412. The normalized spacial score (nSPS) is 17.6. The first-order chi connectivity index (χ1) is 9.63. The van der Waals surface area contributed by atoms with Crippen LogP contribution >= 0.6 is 0 Å². The van der Waals surface area contributed by atoms with Crippen LogP contribution in [0.3, 0.4) is 0 Å². The van der Waals surface area contributed by atoms with Crippen molar-refractivity contribution in [3.8, 4) is 0 Å². The lowest BCUT2D eigenvalue weighted by molar-refractivity contribution is 0.0951. The highest BCUT2D eigenvalue weighted by molar-refractivity contribution is 6.01. The molecule has 0 spiro atoms. The summed E-state index contributed by atoms with van der Waals surface area (Å²) in [7, 11) is 0. The Labute approximate surface area is 115 Å². The van der Waals surface area contributed by atoms with Crippen molar-refractivity contribution in [3.63, 3.8) is 0 Å². The van der Waals surface area contributed by atoms with Gasteiger partial charge in [-0.05, 0) is 24.5 Å². The van der Waals surface area contributed by atoms with E-state index in [1.54, 1.807) is 12.1 Å². The maximum atomic E-state index is 11.8. The van der Waals surface area contributed by atoms with E-state index in [1.807, 2.05) is 6.92 Å².